The molecule has 9 heavy (non-hydrogen) atoms. The Kier molecular flexibility index (Phi) is 43.4. The van der Waals surface area contributed by atoms with Gasteiger partial charge in [0.05, 0.1) is 0 Å². The summed E-state index contributed by atoms with van der Waals surface area (Å²) in [6.45, 7) is 0. The van der Waals surface area contributed by atoms with Gasteiger partial charge in [-0.1, -0.05) is 0 Å². The van der Waals surface area contributed by atoms with Crippen LogP contribution in [0.5, 0.6) is 0 Å². The summed E-state index contributed by atoms with van der Waals surface area (Å²) in [5, 5.41) is 0. The third kappa shape index (κ3) is 133. The van der Waals surface area contributed by atoms with Gasteiger partial charge in [0, 0.05) is 34.1 Å². The Bertz CT molecular complexity index is 40.0. The van der Waals surface area contributed by atoms with Gasteiger partial charge in [-0.15, -0.1) is 0 Å². The Morgan fingerprint density at radius 3 is 1.00 bits per heavy atom. The van der Waals surface area contributed by atoms with Gasteiger partial charge < -0.3 is 27.5 Å². The minimum Gasteiger partial charge on any atom is -1.00 e. The molecule has 0 saturated carbocycles. The Morgan fingerprint density at radius 1 is 1.00 bits per heavy atom. The molecular formula is H8CaFeMnO5Si. The topological polar surface area (TPSA) is 112 Å². The van der Waals surface area contributed by atoms with Crippen LogP contribution < -0.4 is 0 Å². The van der Waals surface area contributed by atoms with Crippen molar-refractivity contribution < 1.29 is 61.6 Å². The quantitative estimate of drug-likeness (QED) is 0.340. The minimum atomic E-state index is -4.61. The van der Waals surface area contributed by atoms with Crippen LogP contribution in [0.1, 0.15) is 2.85 Å². The number of rotatable bonds is 0. The summed E-state index contributed by atoms with van der Waals surface area (Å²) in [7, 11) is -4.61. The van der Waals surface area contributed by atoms with Crippen molar-refractivity contribution in [3.63, 3.8) is 0 Å². The van der Waals surface area contributed by atoms with Gasteiger partial charge in [-0.3, -0.25) is 0 Å². The van der Waals surface area contributed by atoms with Crippen molar-refractivity contribution in [3.8, 4) is 0 Å². The molecule has 0 aliphatic rings. The summed E-state index contributed by atoms with van der Waals surface area (Å²) >= 11 is 0. The summed E-state index contributed by atoms with van der Waals surface area (Å²) in [4.78, 5) is 29.3. The standard InChI is InChI=1S/Ca.Fe.Mn.H4O4Si.H2O.2H/c;;;1-5(2,3)4;;;/h;;;1-4H;1H2;;/q+2;;;;;2*-1. The van der Waals surface area contributed by atoms with Gasteiger partial charge in [-0.25, -0.2) is 0 Å². The maximum Gasteiger partial charge on any atom is 2.00 e. The van der Waals surface area contributed by atoms with Crippen LogP contribution >= 0.6 is 0 Å². The molecule has 0 unspecified atom stereocenters. The summed E-state index contributed by atoms with van der Waals surface area (Å²) < 4.78 is 0. The Morgan fingerprint density at radius 2 is 1.00 bits per heavy atom. The number of hydrogen-bond donors (Lipinski definition) is 4. The van der Waals surface area contributed by atoms with E-state index in [1.807, 2.05) is 0 Å². The fourth-order valence-corrected chi connectivity index (χ4v) is 0. The molecule has 0 bridgehead atoms. The van der Waals surface area contributed by atoms with E-state index in [0.29, 0.717) is 0 Å². The molecule has 9 heteroatoms. The smallest absolute Gasteiger partial charge is 1.00 e. The Hall–Kier alpha value is 2.32. The molecule has 0 saturated heterocycles. The Labute approximate surface area is 107 Å². The second-order valence-corrected chi connectivity index (χ2v) is 1.80. The zero-order valence-electron chi connectivity index (χ0n) is 6.23. The van der Waals surface area contributed by atoms with Crippen molar-refractivity contribution >= 4 is 46.8 Å². The monoisotopic (exact) mass is 267 g/mol. The third-order valence-electron chi connectivity index (χ3n) is 0. The van der Waals surface area contributed by atoms with Gasteiger partial charge in [0.25, 0.3) is 0 Å². The predicted octanol–water partition coefficient (Wildman–Crippen LogP) is -3.59. The zero-order valence-corrected chi connectivity index (χ0v) is 9.72. The van der Waals surface area contributed by atoms with E-state index in [9.17, 15) is 0 Å². The van der Waals surface area contributed by atoms with Gasteiger partial charge in [0.1, 0.15) is 0 Å². The second-order valence-electron chi connectivity index (χ2n) is 0.600. The van der Waals surface area contributed by atoms with E-state index in [4.69, 9.17) is 19.2 Å². The van der Waals surface area contributed by atoms with Crippen LogP contribution in [-0.2, 0) is 34.1 Å². The third-order valence-corrected chi connectivity index (χ3v) is 0. The van der Waals surface area contributed by atoms with Gasteiger partial charge in [0.2, 0.25) is 0 Å². The fraction of sp³-hybridized carbons (Fsp3) is 0. The maximum absolute atomic E-state index is 7.33. The number of hydrogen-bond acceptors (Lipinski definition) is 4. The molecule has 0 fully saturated rings. The van der Waals surface area contributed by atoms with Crippen LogP contribution in [-0.4, -0.2) is 71.4 Å². The molecule has 1 radical (unpaired) electrons. The molecule has 0 heterocycles. The molecule has 5 nitrogen and oxygen atoms in total. The summed E-state index contributed by atoms with van der Waals surface area (Å²) in [6, 6.07) is 0. The Balaban J connectivity index is -0.00000000533. The van der Waals surface area contributed by atoms with Crippen molar-refractivity contribution in [2.75, 3.05) is 0 Å². The van der Waals surface area contributed by atoms with Crippen molar-refractivity contribution in [2.45, 2.75) is 0 Å². The van der Waals surface area contributed by atoms with Crippen LogP contribution in [0.3, 0.4) is 0 Å². The van der Waals surface area contributed by atoms with Crippen LogP contribution in [0.2, 0.25) is 0 Å². The molecule has 0 aliphatic carbocycles. The molecule has 0 aliphatic heterocycles. The largest absolute Gasteiger partial charge is 2.00 e. The first-order valence-corrected chi connectivity index (χ1v) is 2.68. The zero-order chi connectivity index (χ0) is 4.50. The summed E-state index contributed by atoms with van der Waals surface area (Å²) in [5.74, 6) is 0. The van der Waals surface area contributed by atoms with Crippen LogP contribution in [0, 0.1) is 0 Å². The molecule has 0 atom stereocenters. The predicted molar refractivity (Wildman–Crippen MR) is 26.2 cm³/mol. The van der Waals surface area contributed by atoms with Gasteiger partial charge >= 0.3 is 46.8 Å². The minimum absolute atomic E-state index is 0. The van der Waals surface area contributed by atoms with Crippen LogP contribution in [0.15, 0.2) is 0 Å². The van der Waals surface area contributed by atoms with E-state index in [2.05, 4.69) is 0 Å². The molecule has 0 spiro atoms. The van der Waals surface area contributed by atoms with Crippen LogP contribution in [0.4, 0.5) is 0 Å². The normalized spacial score (nSPS) is 6.67. The van der Waals surface area contributed by atoms with Crippen molar-refractivity contribution in [3.05, 3.63) is 0 Å². The maximum atomic E-state index is 7.33. The first-order valence-electron chi connectivity index (χ1n) is 0.894. The van der Waals surface area contributed by atoms with Crippen molar-refractivity contribution in [1.29, 1.82) is 0 Å². The molecule has 0 aromatic carbocycles. The van der Waals surface area contributed by atoms with Gasteiger partial charge in [-0.2, -0.15) is 0 Å². The van der Waals surface area contributed by atoms with Crippen molar-refractivity contribution in [2.24, 2.45) is 0 Å². The van der Waals surface area contributed by atoms with E-state index < -0.39 is 9.05 Å². The molecule has 59 valence electrons. The summed E-state index contributed by atoms with van der Waals surface area (Å²) in [5.41, 5.74) is 0. The molecule has 0 aromatic rings. The molecule has 0 amide bonds. The van der Waals surface area contributed by atoms with Crippen molar-refractivity contribution in [1.82, 2.24) is 0 Å². The SMILES string of the molecule is O.O[Si](O)(O)O.[Ca+2].[Fe].[H-].[H-].[Mn]. The van der Waals surface area contributed by atoms with Crippen LogP contribution in [0.25, 0.3) is 0 Å². The molecule has 6 N–H and O–H groups in total. The fourth-order valence-electron chi connectivity index (χ4n) is 0. The first kappa shape index (κ1) is 30.2. The molecule has 0 aromatic heterocycles. The van der Waals surface area contributed by atoms with E-state index in [0.717, 1.165) is 0 Å². The average Bonchev–Trinajstić information content (AvgIpc) is 0.722. The van der Waals surface area contributed by atoms with E-state index in [-0.39, 0.29) is 80.2 Å². The van der Waals surface area contributed by atoms with E-state index in [1.165, 1.54) is 0 Å². The summed E-state index contributed by atoms with van der Waals surface area (Å²) in [6.07, 6.45) is 0. The van der Waals surface area contributed by atoms with Gasteiger partial charge in [0.15, 0.2) is 0 Å². The van der Waals surface area contributed by atoms with E-state index >= 15 is 0 Å². The van der Waals surface area contributed by atoms with Gasteiger partial charge in [-0.05, 0) is 0 Å². The second kappa shape index (κ2) is 12.9. The average molecular weight is 267 g/mol. The molecular weight excluding hydrogens is 259 g/mol. The van der Waals surface area contributed by atoms with E-state index in [1.54, 1.807) is 0 Å². The first-order chi connectivity index (χ1) is 2.00. The molecule has 0 rings (SSSR count).